The molecule has 6 nitrogen and oxygen atoms in total. The van der Waals surface area contributed by atoms with Gasteiger partial charge < -0.3 is 14.5 Å². The van der Waals surface area contributed by atoms with Crippen molar-refractivity contribution in [1.29, 1.82) is 0 Å². The Hall–Kier alpha value is -4.05. The molecule has 1 saturated heterocycles. The Morgan fingerprint density at radius 1 is 0.891 bits per heavy atom. The average Bonchev–Trinajstić information content (AvgIpc) is 3.42. The normalized spacial score (nSPS) is 16.9. The highest BCUT2D eigenvalue weighted by Gasteiger charge is 2.44. The number of nitrogens with one attached hydrogen (secondary N) is 1. The highest BCUT2D eigenvalue weighted by molar-refractivity contribution is 6.69. The predicted molar refractivity (Wildman–Crippen MR) is 178 cm³/mol. The van der Waals surface area contributed by atoms with Gasteiger partial charge in [-0.15, -0.1) is 0 Å². The zero-order valence-corrected chi connectivity index (χ0v) is 27.7. The number of amides is 2. The number of rotatable bonds is 12. The molecule has 4 atom stereocenters. The summed E-state index contributed by atoms with van der Waals surface area (Å²) in [6.07, 6.45) is -0.443. The minimum atomic E-state index is -2.10. The maximum Gasteiger partial charge on any atom is 0.417 e. The number of imide groups is 1. The summed E-state index contributed by atoms with van der Waals surface area (Å²) in [5.74, 6) is -1.97. The number of cyclic esters (lactones) is 1. The molecule has 46 heavy (non-hydrogen) atoms. The van der Waals surface area contributed by atoms with Gasteiger partial charge in [0, 0.05) is 10.7 Å². The molecule has 240 valence electrons. The van der Waals surface area contributed by atoms with Gasteiger partial charge in [-0.1, -0.05) is 66.2 Å². The number of hydrogen-bond donors (Lipinski definition) is 1. The van der Waals surface area contributed by atoms with Crippen LogP contribution in [0.1, 0.15) is 47.7 Å². The standard InChI is InChI=1S/C36H37ClF2N2O4Si/c1-46(2,3)45-33(25-11-15-28(38)16-12-25)22-21-31(35(42)41-32(23-44-36(41)43)24-7-5-4-6-8-24)34(26-9-13-27(37)14-10-26)40-30-19-17-29(39)18-20-30/h4-20,31-34,40H,21-23H2,1-3H3/t31-,32-,33+,34-/m1/s1. The Morgan fingerprint density at radius 2 is 1.48 bits per heavy atom. The van der Waals surface area contributed by atoms with Crippen LogP contribution < -0.4 is 5.32 Å². The van der Waals surface area contributed by atoms with E-state index in [0.717, 1.165) is 16.7 Å². The number of anilines is 1. The first kappa shape index (κ1) is 33.3. The Labute approximate surface area is 274 Å². The molecular weight excluding hydrogens is 626 g/mol. The summed E-state index contributed by atoms with van der Waals surface area (Å²) in [4.78, 5) is 29.2. The van der Waals surface area contributed by atoms with Crippen LogP contribution in [0.25, 0.3) is 0 Å². The fourth-order valence-corrected chi connectivity index (χ4v) is 6.97. The van der Waals surface area contributed by atoms with Gasteiger partial charge in [-0.05, 0) is 97.7 Å². The van der Waals surface area contributed by atoms with Gasteiger partial charge in [0.05, 0.1) is 18.1 Å². The van der Waals surface area contributed by atoms with Crippen LogP contribution in [0.15, 0.2) is 103 Å². The number of benzene rings is 4. The van der Waals surface area contributed by atoms with Crippen molar-refractivity contribution in [3.8, 4) is 0 Å². The second kappa shape index (κ2) is 14.6. The molecular formula is C36H37ClF2N2O4Si. The molecule has 0 bridgehead atoms. The Bertz CT molecular complexity index is 1620. The molecule has 1 fully saturated rings. The number of ether oxygens (including phenoxy) is 1. The fraction of sp³-hybridized carbons (Fsp3) is 0.278. The van der Waals surface area contributed by atoms with Gasteiger partial charge >= 0.3 is 6.09 Å². The van der Waals surface area contributed by atoms with Crippen LogP contribution in [0, 0.1) is 17.6 Å². The number of hydrogen-bond acceptors (Lipinski definition) is 5. The van der Waals surface area contributed by atoms with Crippen LogP contribution in [-0.4, -0.2) is 31.8 Å². The maximum absolute atomic E-state index is 14.8. The van der Waals surface area contributed by atoms with Gasteiger partial charge in [0.1, 0.15) is 24.3 Å². The smallest absolute Gasteiger partial charge is 0.417 e. The van der Waals surface area contributed by atoms with E-state index in [-0.39, 0.29) is 18.8 Å². The zero-order chi connectivity index (χ0) is 32.8. The van der Waals surface area contributed by atoms with E-state index in [4.69, 9.17) is 20.8 Å². The third-order valence-electron chi connectivity index (χ3n) is 7.89. The van der Waals surface area contributed by atoms with Gasteiger partial charge in [0.2, 0.25) is 5.91 Å². The van der Waals surface area contributed by atoms with Gasteiger partial charge in [-0.25, -0.2) is 18.5 Å². The molecule has 2 amide bonds. The van der Waals surface area contributed by atoms with Crippen molar-refractivity contribution in [2.75, 3.05) is 11.9 Å². The summed E-state index contributed by atoms with van der Waals surface area (Å²) in [5, 5.41) is 3.97. The molecule has 4 aromatic carbocycles. The predicted octanol–water partition coefficient (Wildman–Crippen LogP) is 9.48. The molecule has 5 rings (SSSR count). The quantitative estimate of drug-likeness (QED) is 0.153. The fourth-order valence-electron chi connectivity index (χ4n) is 5.74. The number of carbonyl (C=O) groups is 2. The molecule has 1 heterocycles. The SMILES string of the molecule is C[Si](C)(C)O[C@@H](CC[C@@H](C(=O)N1C(=O)OC[C@@H]1c1ccccc1)[C@H](Nc1ccc(F)cc1)c1ccc(Cl)cc1)c1ccc(F)cc1. The molecule has 0 aliphatic carbocycles. The monoisotopic (exact) mass is 662 g/mol. The minimum absolute atomic E-state index is 0.0370. The summed E-state index contributed by atoms with van der Waals surface area (Å²) in [6, 6.07) is 27.3. The molecule has 0 spiro atoms. The van der Waals surface area contributed by atoms with E-state index in [1.54, 1.807) is 36.4 Å². The molecule has 1 aliphatic rings. The number of carbonyl (C=O) groups excluding carboxylic acids is 2. The summed E-state index contributed by atoms with van der Waals surface area (Å²) < 4.78 is 39.8. The van der Waals surface area contributed by atoms with E-state index in [0.29, 0.717) is 17.1 Å². The summed E-state index contributed by atoms with van der Waals surface area (Å²) in [7, 11) is -2.10. The molecule has 10 heteroatoms. The first-order valence-corrected chi connectivity index (χ1v) is 19.0. The van der Waals surface area contributed by atoms with Crippen molar-refractivity contribution >= 4 is 37.6 Å². The first-order chi connectivity index (χ1) is 22.0. The Morgan fingerprint density at radius 3 is 2.09 bits per heavy atom. The van der Waals surface area contributed by atoms with Crippen molar-refractivity contribution in [3.63, 3.8) is 0 Å². The Balaban J connectivity index is 1.57. The van der Waals surface area contributed by atoms with E-state index in [9.17, 15) is 18.4 Å². The number of halogens is 3. The summed E-state index contributed by atoms with van der Waals surface area (Å²) in [5.41, 5.74) is 2.92. The average molecular weight is 663 g/mol. The lowest BCUT2D eigenvalue weighted by Crippen LogP contribution is -2.42. The van der Waals surface area contributed by atoms with Crippen LogP contribution in [-0.2, 0) is 14.0 Å². The highest BCUT2D eigenvalue weighted by Crippen LogP contribution is 2.39. The van der Waals surface area contributed by atoms with Gasteiger partial charge in [0.25, 0.3) is 0 Å². The number of nitrogens with zero attached hydrogens (tertiary/aromatic N) is 1. The summed E-state index contributed by atoms with van der Waals surface area (Å²) in [6.45, 7) is 6.26. The topological polar surface area (TPSA) is 67.9 Å². The lowest BCUT2D eigenvalue weighted by atomic mass is 9.85. The third kappa shape index (κ3) is 8.40. The third-order valence-corrected chi connectivity index (χ3v) is 9.13. The van der Waals surface area contributed by atoms with Gasteiger partial charge in [0.15, 0.2) is 8.32 Å². The van der Waals surface area contributed by atoms with E-state index in [2.05, 4.69) is 25.0 Å². The second-order valence-corrected chi connectivity index (χ2v) is 17.2. The molecule has 4 aromatic rings. The minimum Gasteiger partial charge on any atom is -0.446 e. The van der Waals surface area contributed by atoms with E-state index < -0.39 is 50.2 Å². The van der Waals surface area contributed by atoms with Crippen molar-refractivity contribution in [2.24, 2.45) is 5.92 Å². The molecule has 1 N–H and O–H groups in total. The molecule has 1 aliphatic heterocycles. The molecule has 0 radical (unpaired) electrons. The molecule has 0 aromatic heterocycles. The van der Waals surface area contributed by atoms with E-state index in [1.807, 2.05) is 42.5 Å². The maximum atomic E-state index is 14.8. The van der Waals surface area contributed by atoms with Crippen molar-refractivity contribution in [2.45, 2.75) is 50.7 Å². The zero-order valence-electron chi connectivity index (χ0n) is 26.0. The molecule has 0 unspecified atom stereocenters. The van der Waals surface area contributed by atoms with Crippen LogP contribution in [0.4, 0.5) is 19.3 Å². The van der Waals surface area contributed by atoms with Crippen molar-refractivity contribution < 1.29 is 27.5 Å². The largest absolute Gasteiger partial charge is 0.446 e. The summed E-state index contributed by atoms with van der Waals surface area (Å²) >= 11 is 6.25. The Kier molecular flexibility index (Phi) is 10.6. The van der Waals surface area contributed by atoms with Crippen molar-refractivity contribution in [1.82, 2.24) is 4.90 Å². The van der Waals surface area contributed by atoms with Gasteiger partial charge in [-0.3, -0.25) is 4.79 Å². The van der Waals surface area contributed by atoms with Crippen molar-refractivity contribution in [3.05, 3.63) is 136 Å². The van der Waals surface area contributed by atoms with Crippen LogP contribution >= 0.6 is 11.6 Å². The van der Waals surface area contributed by atoms with E-state index in [1.165, 1.54) is 29.2 Å². The lowest BCUT2D eigenvalue weighted by Gasteiger charge is -2.34. The lowest BCUT2D eigenvalue weighted by molar-refractivity contribution is -0.134. The van der Waals surface area contributed by atoms with Crippen LogP contribution in [0.2, 0.25) is 24.7 Å². The van der Waals surface area contributed by atoms with E-state index >= 15 is 0 Å². The van der Waals surface area contributed by atoms with Crippen LogP contribution in [0.5, 0.6) is 0 Å². The second-order valence-electron chi connectivity index (χ2n) is 12.3. The first-order valence-electron chi connectivity index (χ1n) is 15.2. The van der Waals surface area contributed by atoms with Crippen LogP contribution in [0.3, 0.4) is 0 Å². The van der Waals surface area contributed by atoms with Gasteiger partial charge in [-0.2, -0.15) is 0 Å². The highest BCUT2D eigenvalue weighted by atomic mass is 35.5. The molecule has 0 saturated carbocycles.